The molecule has 12 heteroatoms. The number of carbonyl (C=O) groups is 2. The number of aromatic nitrogens is 2. The molecule has 2 aromatic carbocycles. The van der Waals surface area contributed by atoms with Gasteiger partial charge in [-0.05, 0) is 56.9 Å². The Morgan fingerprint density at radius 1 is 1.21 bits per heavy atom. The number of nitrogens with zero attached hydrogens (tertiary/aromatic N) is 3. The number of anilines is 3. The number of H-pyrrole nitrogens is 1. The standard InChI is InChI=1S/C27H31Cl2N7O3/c1-35(2)13-4-7-23(37)31-17-8-10-19(11-9-17)36-14-12-18(16-36)32-27(39)25-22(15-30-34-25)33-26(38)24-20(28)5-3-6-21(24)29/h3-11,15,18,26,33,38H,12-14,16H2,1-2H3,(H,30,34)(H,31,37)(H,32,39)/b7-4+. The van der Waals surface area contributed by atoms with Crippen molar-refractivity contribution in [2.75, 3.05) is 49.3 Å². The van der Waals surface area contributed by atoms with Crippen LogP contribution in [0.5, 0.6) is 0 Å². The van der Waals surface area contributed by atoms with Gasteiger partial charge in [0.15, 0.2) is 6.23 Å². The van der Waals surface area contributed by atoms with Crippen LogP contribution in [-0.4, -0.2) is 71.8 Å². The van der Waals surface area contributed by atoms with Gasteiger partial charge in [-0.25, -0.2) is 0 Å². The molecule has 1 saturated heterocycles. The predicted octanol–water partition coefficient (Wildman–Crippen LogP) is 3.88. The molecule has 1 aliphatic heterocycles. The Bertz CT molecular complexity index is 1310. The van der Waals surface area contributed by atoms with Crippen LogP contribution in [0.3, 0.4) is 0 Å². The maximum atomic E-state index is 13.0. The summed E-state index contributed by atoms with van der Waals surface area (Å²) in [4.78, 5) is 29.2. The van der Waals surface area contributed by atoms with Crippen LogP contribution in [0.4, 0.5) is 17.1 Å². The van der Waals surface area contributed by atoms with Crippen molar-refractivity contribution >= 4 is 52.1 Å². The van der Waals surface area contributed by atoms with Crippen molar-refractivity contribution in [3.05, 3.63) is 82.1 Å². The molecule has 39 heavy (non-hydrogen) atoms. The average molecular weight is 572 g/mol. The van der Waals surface area contributed by atoms with E-state index in [0.717, 1.165) is 18.7 Å². The van der Waals surface area contributed by atoms with E-state index in [0.29, 0.717) is 40.1 Å². The van der Waals surface area contributed by atoms with Gasteiger partial charge < -0.3 is 30.9 Å². The molecule has 10 nitrogen and oxygen atoms in total. The minimum absolute atomic E-state index is 0.0854. The smallest absolute Gasteiger partial charge is 0.271 e. The molecule has 5 N–H and O–H groups in total. The number of aliphatic hydroxyl groups excluding tert-OH is 1. The average Bonchev–Trinajstić information content (AvgIpc) is 3.54. The number of hydrogen-bond donors (Lipinski definition) is 5. The second-order valence-corrected chi connectivity index (χ2v) is 10.3. The maximum absolute atomic E-state index is 13.0. The molecule has 4 rings (SSSR count). The summed E-state index contributed by atoms with van der Waals surface area (Å²) in [5, 5.41) is 26.6. The van der Waals surface area contributed by atoms with E-state index in [-0.39, 0.29) is 23.6 Å². The molecule has 2 atom stereocenters. The molecule has 0 radical (unpaired) electrons. The zero-order chi connectivity index (χ0) is 27.9. The second kappa shape index (κ2) is 13.0. The van der Waals surface area contributed by atoms with E-state index in [9.17, 15) is 14.7 Å². The molecule has 2 amide bonds. The summed E-state index contributed by atoms with van der Waals surface area (Å²) in [5.41, 5.74) is 2.53. The third-order valence-electron chi connectivity index (χ3n) is 6.20. The van der Waals surface area contributed by atoms with Crippen LogP contribution in [0.2, 0.25) is 10.0 Å². The lowest BCUT2D eigenvalue weighted by atomic mass is 10.2. The Kier molecular flexibility index (Phi) is 9.47. The van der Waals surface area contributed by atoms with Crippen molar-refractivity contribution in [3.63, 3.8) is 0 Å². The highest BCUT2D eigenvalue weighted by molar-refractivity contribution is 6.36. The fraction of sp³-hybridized carbons (Fsp3) is 0.296. The lowest BCUT2D eigenvalue weighted by Gasteiger charge is -2.20. The van der Waals surface area contributed by atoms with Gasteiger partial charge >= 0.3 is 0 Å². The molecule has 0 spiro atoms. The van der Waals surface area contributed by atoms with Gasteiger partial charge in [-0.2, -0.15) is 5.10 Å². The lowest BCUT2D eigenvalue weighted by molar-refractivity contribution is -0.111. The topological polar surface area (TPSA) is 126 Å². The van der Waals surface area contributed by atoms with Gasteiger partial charge in [-0.3, -0.25) is 14.7 Å². The summed E-state index contributed by atoms with van der Waals surface area (Å²) in [6.45, 7) is 2.08. The van der Waals surface area contributed by atoms with Crippen LogP contribution in [0.15, 0.2) is 60.8 Å². The summed E-state index contributed by atoms with van der Waals surface area (Å²) >= 11 is 12.4. The van der Waals surface area contributed by atoms with Gasteiger partial charge in [-0.1, -0.05) is 35.3 Å². The van der Waals surface area contributed by atoms with E-state index >= 15 is 0 Å². The SMILES string of the molecule is CN(C)C/C=C/C(=O)Nc1ccc(N2CCC(NC(=O)c3[nH]ncc3NC(O)c3c(Cl)cccc3Cl)C2)cc1. The molecule has 0 saturated carbocycles. The second-order valence-electron chi connectivity index (χ2n) is 9.45. The van der Waals surface area contributed by atoms with E-state index in [1.54, 1.807) is 24.3 Å². The highest BCUT2D eigenvalue weighted by Crippen LogP contribution is 2.31. The summed E-state index contributed by atoms with van der Waals surface area (Å²) in [6.07, 6.45) is 4.27. The fourth-order valence-corrected chi connectivity index (χ4v) is 4.84. The number of carbonyl (C=O) groups excluding carboxylic acids is 2. The Hall–Kier alpha value is -3.57. The largest absolute Gasteiger partial charge is 0.369 e. The predicted molar refractivity (Wildman–Crippen MR) is 154 cm³/mol. The monoisotopic (exact) mass is 571 g/mol. The van der Waals surface area contributed by atoms with Gasteiger partial charge in [0, 0.05) is 58.7 Å². The molecule has 3 aromatic rings. The molecule has 0 aliphatic carbocycles. The summed E-state index contributed by atoms with van der Waals surface area (Å²) < 4.78 is 0. The number of rotatable bonds is 10. The molecule has 1 aromatic heterocycles. The quantitative estimate of drug-likeness (QED) is 0.184. The maximum Gasteiger partial charge on any atom is 0.271 e. The van der Waals surface area contributed by atoms with Crippen molar-refractivity contribution in [3.8, 4) is 0 Å². The Morgan fingerprint density at radius 2 is 1.92 bits per heavy atom. The molecule has 2 unspecified atom stereocenters. The lowest BCUT2D eigenvalue weighted by Crippen LogP contribution is -2.37. The Balaban J connectivity index is 1.31. The number of hydrogen-bond acceptors (Lipinski definition) is 7. The number of halogens is 2. The third-order valence-corrected chi connectivity index (χ3v) is 6.85. The highest BCUT2D eigenvalue weighted by atomic mass is 35.5. The van der Waals surface area contributed by atoms with E-state index in [1.165, 1.54) is 12.3 Å². The number of likely N-dealkylation sites (N-methyl/N-ethyl adjacent to an activating group) is 1. The number of benzene rings is 2. The van der Waals surface area contributed by atoms with Gasteiger partial charge in [-0.15, -0.1) is 0 Å². The van der Waals surface area contributed by atoms with Gasteiger partial charge in [0.25, 0.3) is 5.91 Å². The normalized spacial score (nSPS) is 16.1. The van der Waals surface area contributed by atoms with Crippen molar-refractivity contribution < 1.29 is 14.7 Å². The summed E-state index contributed by atoms with van der Waals surface area (Å²) in [6, 6.07) is 12.5. The van der Waals surface area contributed by atoms with E-state index in [1.807, 2.05) is 43.3 Å². The van der Waals surface area contributed by atoms with Crippen LogP contribution in [0, 0.1) is 0 Å². The van der Waals surface area contributed by atoms with Crippen LogP contribution in [-0.2, 0) is 4.79 Å². The van der Waals surface area contributed by atoms with Gasteiger partial charge in [0.1, 0.15) is 5.69 Å². The molecule has 2 heterocycles. The van der Waals surface area contributed by atoms with Crippen LogP contribution >= 0.6 is 23.2 Å². The third kappa shape index (κ3) is 7.51. The number of amides is 2. The first-order valence-electron chi connectivity index (χ1n) is 12.4. The van der Waals surface area contributed by atoms with Crippen molar-refractivity contribution in [2.45, 2.75) is 18.7 Å². The minimum atomic E-state index is -1.24. The first-order chi connectivity index (χ1) is 18.7. The zero-order valence-corrected chi connectivity index (χ0v) is 23.1. The van der Waals surface area contributed by atoms with Crippen molar-refractivity contribution in [2.24, 2.45) is 0 Å². The zero-order valence-electron chi connectivity index (χ0n) is 21.6. The minimum Gasteiger partial charge on any atom is -0.369 e. The van der Waals surface area contributed by atoms with Crippen LogP contribution in [0.1, 0.15) is 28.7 Å². The molecule has 1 fully saturated rings. The molecule has 1 aliphatic rings. The van der Waals surface area contributed by atoms with E-state index < -0.39 is 6.23 Å². The Labute approximate surface area is 237 Å². The summed E-state index contributed by atoms with van der Waals surface area (Å²) in [5.74, 6) is -0.525. The summed E-state index contributed by atoms with van der Waals surface area (Å²) in [7, 11) is 3.87. The number of aromatic amines is 1. The van der Waals surface area contributed by atoms with Gasteiger partial charge in [0.05, 0.1) is 11.9 Å². The van der Waals surface area contributed by atoms with Crippen molar-refractivity contribution in [1.29, 1.82) is 0 Å². The Morgan fingerprint density at radius 3 is 2.62 bits per heavy atom. The first kappa shape index (κ1) is 28.4. The van der Waals surface area contributed by atoms with E-state index in [4.69, 9.17) is 23.2 Å². The molecular formula is C27H31Cl2N7O3. The number of nitrogens with one attached hydrogen (secondary N) is 4. The van der Waals surface area contributed by atoms with Crippen LogP contribution in [0.25, 0.3) is 0 Å². The molecular weight excluding hydrogens is 541 g/mol. The van der Waals surface area contributed by atoms with Crippen molar-refractivity contribution in [1.82, 2.24) is 20.4 Å². The molecule has 206 valence electrons. The van der Waals surface area contributed by atoms with E-state index in [2.05, 4.69) is 31.0 Å². The van der Waals surface area contributed by atoms with Gasteiger partial charge in [0.2, 0.25) is 5.91 Å². The number of aliphatic hydroxyl groups is 1. The molecule has 0 bridgehead atoms. The first-order valence-corrected chi connectivity index (χ1v) is 13.2. The fourth-order valence-electron chi connectivity index (χ4n) is 4.24. The van der Waals surface area contributed by atoms with Crippen LogP contribution < -0.4 is 20.9 Å². The highest BCUT2D eigenvalue weighted by Gasteiger charge is 2.27.